The molecule has 0 N–H and O–H groups in total. The van der Waals surface area contributed by atoms with E-state index in [1.165, 1.54) is 6.42 Å². The molecule has 0 aromatic carbocycles. The summed E-state index contributed by atoms with van der Waals surface area (Å²) in [5, 5.41) is 0. The lowest BCUT2D eigenvalue weighted by atomic mass is 9.58. The number of hydrogen-bond acceptors (Lipinski definition) is 0. The van der Waals surface area contributed by atoms with E-state index in [4.69, 9.17) is 0 Å². The molecule has 0 amide bonds. The normalized spacial score (nSPS) is 47.2. The Kier molecular flexibility index (Phi) is 4.26. The van der Waals surface area contributed by atoms with Crippen molar-refractivity contribution in [3.05, 3.63) is 0 Å². The first-order valence-electron chi connectivity index (χ1n) is 6.86. The van der Waals surface area contributed by atoms with Crippen molar-refractivity contribution in [3.8, 4) is 0 Å². The van der Waals surface area contributed by atoms with Gasteiger partial charge >= 0.3 is 0 Å². The van der Waals surface area contributed by atoms with Crippen LogP contribution in [-0.2, 0) is 0 Å². The molecular formula is C15H30. The minimum atomic E-state index is 0.854. The fourth-order valence-corrected chi connectivity index (χ4v) is 3.67. The number of hydrogen-bond donors (Lipinski definition) is 0. The molecule has 1 fully saturated rings. The maximum absolute atomic E-state index is 2.48. The molecule has 0 nitrogen and oxygen atoms in total. The van der Waals surface area contributed by atoms with E-state index >= 15 is 0 Å². The van der Waals surface area contributed by atoms with Gasteiger partial charge in [-0.2, -0.15) is 0 Å². The van der Waals surface area contributed by atoms with Crippen molar-refractivity contribution in [1.82, 2.24) is 0 Å². The van der Waals surface area contributed by atoms with Gasteiger partial charge in [0.1, 0.15) is 0 Å². The molecule has 0 bridgehead atoms. The Bertz CT molecular complexity index is 178. The van der Waals surface area contributed by atoms with Gasteiger partial charge in [0.15, 0.2) is 0 Å². The molecule has 0 aliphatic heterocycles. The van der Waals surface area contributed by atoms with E-state index in [2.05, 4.69) is 48.5 Å². The largest absolute Gasteiger partial charge is 0.0628 e. The van der Waals surface area contributed by atoms with E-state index < -0.39 is 0 Å². The quantitative estimate of drug-likeness (QED) is 0.611. The molecule has 0 spiro atoms. The van der Waals surface area contributed by atoms with Gasteiger partial charge in [-0.1, -0.05) is 48.5 Å². The molecule has 1 rings (SSSR count). The standard InChI is InChI=1S/C15H30/c1-9(2)8-15-13(6)11(4)10(3)12(5)14(15)7/h9-15H,8H2,1-7H3. The van der Waals surface area contributed by atoms with Crippen LogP contribution in [0, 0.1) is 41.4 Å². The Hall–Kier alpha value is 0. The van der Waals surface area contributed by atoms with Gasteiger partial charge in [-0.3, -0.25) is 0 Å². The zero-order valence-corrected chi connectivity index (χ0v) is 11.7. The van der Waals surface area contributed by atoms with Crippen molar-refractivity contribution >= 4 is 0 Å². The first-order valence-corrected chi connectivity index (χ1v) is 6.86. The fourth-order valence-electron chi connectivity index (χ4n) is 3.67. The maximum Gasteiger partial charge on any atom is -0.0355 e. The molecule has 4 unspecified atom stereocenters. The van der Waals surface area contributed by atoms with E-state index in [0.29, 0.717) is 0 Å². The predicted molar refractivity (Wildman–Crippen MR) is 68.8 cm³/mol. The lowest BCUT2D eigenvalue weighted by Gasteiger charge is -2.48. The molecule has 0 aromatic rings. The molecule has 0 aromatic heterocycles. The van der Waals surface area contributed by atoms with Gasteiger partial charge in [-0.05, 0) is 47.8 Å². The maximum atomic E-state index is 2.48. The molecular weight excluding hydrogens is 180 g/mol. The first-order chi connectivity index (χ1) is 6.86. The van der Waals surface area contributed by atoms with Crippen LogP contribution in [0.1, 0.15) is 54.9 Å². The summed E-state index contributed by atoms with van der Waals surface area (Å²) < 4.78 is 0. The highest BCUT2D eigenvalue weighted by Crippen LogP contribution is 2.47. The Morgan fingerprint density at radius 1 is 0.667 bits per heavy atom. The Morgan fingerprint density at radius 3 is 1.33 bits per heavy atom. The van der Waals surface area contributed by atoms with Crippen LogP contribution in [0.2, 0.25) is 0 Å². The molecule has 1 saturated carbocycles. The minimum absolute atomic E-state index is 0.854. The van der Waals surface area contributed by atoms with Crippen LogP contribution < -0.4 is 0 Å². The van der Waals surface area contributed by atoms with Crippen LogP contribution >= 0.6 is 0 Å². The van der Waals surface area contributed by atoms with Crippen molar-refractivity contribution in [2.45, 2.75) is 54.9 Å². The van der Waals surface area contributed by atoms with E-state index in [9.17, 15) is 0 Å². The third-order valence-electron chi connectivity index (χ3n) is 5.41. The SMILES string of the molecule is CC(C)CC1C(C)C(C)C(C)C(C)C1C. The second kappa shape index (κ2) is 4.89. The minimum Gasteiger partial charge on any atom is -0.0628 e. The van der Waals surface area contributed by atoms with Crippen LogP contribution in [0.4, 0.5) is 0 Å². The van der Waals surface area contributed by atoms with Gasteiger partial charge < -0.3 is 0 Å². The van der Waals surface area contributed by atoms with Crippen molar-refractivity contribution in [3.63, 3.8) is 0 Å². The van der Waals surface area contributed by atoms with Gasteiger partial charge in [0.25, 0.3) is 0 Å². The molecule has 0 radical (unpaired) electrons. The zero-order chi connectivity index (χ0) is 11.7. The molecule has 0 saturated heterocycles. The second-order valence-electron chi connectivity index (χ2n) is 6.59. The summed E-state index contributed by atoms with van der Waals surface area (Å²) >= 11 is 0. The van der Waals surface area contributed by atoms with Crippen molar-refractivity contribution in [2.24, 2.45) is 41.4 Å². The van der Waals surface area contributed by atoms with Crippen LogP contribution in [0.15, 0.2) is 0 Å². The molecule has 0 heterocycles. The number of rotatable bonds is 2. The summed E-state index contributed by atoms with van der Waals surface area (Å²) in [5.74, 6) is 6.33. The Morgan fingerprint density at radius 2 is 1.00 bits per heavy atom. The van der Waals surface area contributed by atoms with Gasteiger partial charge in [0.2, 0.25) is 0 Å². The molecule has 4 atom stereocenters. The zero-order valence-electron chi connectivity index (χ0n) is 11.7. The second-order valence-corrected chi connectivity index (χ2v) is 6.59. The Labute approximate surface area is 96.8 Å². The fraction of sp³-hybridized carbons (Fsp3) is 1.00. The van der Waals surface area contributed by atoms with Crippen LogP contribution in [0.5, 0.6) is 0 Å². The molecule has 15 heavy (non-hydrogen) atoms. The lowest BCUT2D eigenvalue weighted by Crippen LogP contribution is -2.41. The van der Waals surface area contributed by atoms with Gasteiger partial charge in [-0.15, -0.1) is 0 Å². The highest BCUT2D eigenvalue weighted by atomic mass is 14.5. The summed E-state index contributed by atoms with van der Waals surface area (Å²) in [6.45, 7) is 17.1. The van der Waals surface area contributed by atoms with Crippen molar-refractivity contribution < 1.29 is 0 Å². The van der Waals surface area contributed by atoms with Crippen molar-refractivity contribution in [1.29, 1.82) is 0 Å². The van der Waals surface area contributed by atoms with E-state index in [1.807, 2.05) is 0 Å². The van der Waals surface area contributed by atoms with E-state index in [1.54, 1.807) is 0 Å². The molecule has 0 heteroatoms. The van der Waals surface area contributed by atoms with Crippen LogP contribution in [0.25, 0.3) is 0 Å². The Balaban J connectivity index is 2.77. The summed E-state index contributed by atoms with van der Waals surface area (Å²) in [5.41, 5.74) is 0. The van der Waals surface area contributed by atoms with Gasteiger partial charge in [-0.25, -0.2) is 0 Å². The van der Waals surface area contributed by atoms with E-state index in [0.717, 1.165) is 41.4 Å². The van der Waals surface area contributed by atoms with Gasteiger partial charge in [0.05, 0.1) is 0 Å². The summed E-state index contributed by atoms with van der Waals surface area (Å²) in [4.78, 5) is 0. The smallest absolute Gasteiger partial charge is 0.0355 e. The highest BCUT2D eigenvalue weighted by molar-refractivity contribution is 4.89. The molecule has 90 valence electrons. The van der Waals surface area contributed by atoms with Crippen LogP contribution in [-0.4, -0.2) is 0 Å². The lowest BCUT2D eigenvalue weighted by molar-refractivity contribution is 0.0101. The average molecular weight is 210 g/mol. The average Bonchev–Trinajstić information content (AvgIpc) is 2.18. The first kappa shape index (κ1) is 13.1. The molecule has 1 aliphatic carbocycles. The van der Waals surface area contributed by atoms with E-state index in [-0.39, 0.29) is 0 Å². The van der Waals surface area contributed by atoms with Crippen LogP contribution in [0.3, 0.4) is 0 Å². The molecule has 1 aliphatic rings. The topological polar surface area (TPSA) is 0 Å². The van der Waals surface area contributed by atoms with Gasteiger partial charge in [0, 0.05) is 0 Å². The highest BCUT2D eigenvalue weighted by Gasteiger charge is 2.40. The third-order valence-corrected chi connectivity index (χ3v) is 5.41. The third kappa shape index (κ3) is 2.57. The van der Waals surface area contributed by atoms with Crippen molar-refractivity contribution in [2.75, 3.05) is 0 Å². The summed E-state index contributed by atoms with van der Waals surface area (Å²) in [6.07, 6.45) is 1.42. The summed E-state index contributed by atoms with van der Waals surface area (Å²) in [7, 11) is 0. The summed E-state index contributed by atoms with van der Waals surface area (Å²) in [6, 6.07) is 0. The monoisotopic (exact) mass is 210 g/mol. The predicted octanol–water partition coefficient (Wildman–Crippen LogP) is 4.84.